The summed E-state index contributed by atoms with van der Waals surface area (Å²) in [5, 5.41) is 5.40. The number of allylic oxidation sites excluding steroid dienone is 1. The Morgan fingerprint density at radius 1 is 1.33 bits per heavy atom. The van der Waals surface area contributed by atoms with Crippen molar-refractivity contribution in [2.75, 3.05) is 0 Å². The SMILES string of the molecule is C=CCCCCCCC.N=C=O. The molecule has 0 radical (unpaired) electrons. The first-order valence-electron chi connectivity index (χ1n) is 4.48. The lowest BCUT2D eigenvalue weighted by Gasteiger charge is -1.94. The summed E-state index contributed by atoms with van der Waals surface area (Å²) < 4.78 is 0. The van der Waals surface area contributed by atoms with E-state index in [1.165, 1.54) is 38.5 Å². The first-order valence-corrected chi connectivity index (χ1v) is 4.48. The van der Waals surface area contributed by atoms with Crippen LogP contribution in [0.3, 0.4) is 0 Å². The summed E-state index contributed by atoms with van der Waals surface area (Å²) in [5.41, 5.74) is 0. The van der Waals surface area contributed by atoms with Gasteiger partial charge in [-0.3, -0.25) is 0 Å². The molecule has 0 saturated carbocycles. The molecule has 2 heteroatoms. The van der Waals surface area contributed by atoms with Crippen molar-refractivity contribution in [3.63, 3.8) is 0 Å². The minimum absolute atomic E-state index is 0.750. The smallest absolute Gasteiger partial charge is 0.222 e. The molecule has 0 bridgehead atoms. The molecule has 0 unspecified atom stereocenters. The fourth-order valence-corrected chi connectivity index (χ4v) is 0.892. The highest BCUT2D eigenvalue weighted by Gasteiger charge is 1.84. The highest BCUT2D eigenvalue weighted by Crippen LogP contribution is 2.04. The van der Waals surface area contributed by atoms with E-state index in [0.29, 0.717) is 0 Å². The van der Waals surface area contributed by atoms with E-state index in [1.54, 1.807) is 0 Å². The number of carbonyl (C=O) groups excluding carboxylic acids is 1. The van der Waals surface area contributed by atoms with Gasteiger partial charge in [0.2, 0.25) is 6.08 Å². The third-order valence-electron chi connectivity index (χ3n) is 1.51. The third-order valence-corrected chi connectivity index (χ3v) is 1.51. The summed E-state index contributed by atoms with van der Waals surface area (Å²) in [5.74, 6) is 0. The van der Waals surface area contributed by atoms with Gasteiger partial charge in [-0.25, -0.2) is 10.2 Å². The molecule has 0 heterocycles. The predicted molar refractivity (Wildman–Crippen MR) is 52.0 cm³/mol. The second-order valence-electron chi connectivity index (χ2n) is 2.59. The van der Waals surface area contributed by atoms with Crippen LogP contribution in [0.15, 0.2) is 12.7 Å². The number of hydrogen-bond acceptors (Lipinski definition) is 2. The van der Waals surface area contributed by atoms with E-state index < -0.39 is 0 Å². The van der Waals surface area contributed by atoms with Gasteiger partial charge in [0.1, 0.15) is 0 Å². The number of nitrogens with one attached hydrogen (secondary N) is 1. The molecule has 0 aliphatic carbocycles. The fraction of sp³-hybridized carbons (Fsp3) is 0.700. The van der Waals surface area contributed by atoms with E-state index in [4.69, 9.17) is 10.2 Å². The lowest BCUT2D eigenvalue weighted by molar-refractivity contribution is 0.563. The van der Waals surface area contributed by atoms with Crippen LogP contribution in [0.25, 0.3) is 0 Å². The number of hydrogen-bond donors (Lipinski definition) is 1. The highest BCUT2D eigenvalue weighted by atomic mass is 16.1. The van der Waals surface area contributed by atoms with Crippen LogP contribution in [-0.4, -0.2) is 6.08 Å². The Labute approximate surface area is 75.2 Å². The molecule has 0 spiro atoms. The fourth-order valence-electron chi connectivity index (χ4n) is 0.892. The van der Waals surface area contributed by atoms with Crippen molar-refractivity contribution < 1.29 is 4.79 Å². The van der Waals surface area contributed by atoms with Crippen molar-refractivity contribution in [1.29, 1.82) is 5.41 Å². The molecule has 0 aromatic rings. The molecule has 12 heavy (non-hydrogen) atoms. The Bertz CT molecular complexity index is 115. The molecular formula is C10H19NO. The average Bonchev–Trinajstić information content (AvgIpc) is 2.06. The molecule has 0 amide bonds. The monoisotopic (exact) mass is 169 g/mol. The summed E-state index contributed by atoms with van der Waals surface area (Å²) in [6.45, 7) is 5.92. The topological polar surface area (TPSA) is 40.9 Å². The quantitative estimate of drug-likeness (QED) is 0.281. The Morgan fingerprint density at radius 2 is 1.83 bits per heavy atom. The molecule has 0 saturated heterocycles. The van der Waals surface area contributed by atoms with Crippen molar-refractivity contribution >= 4 is 6.08 Å². The molecule has 0 aliphatic heterocycles. The molecule has 70 valence electrons. The van der Waals surface area contributed by atoms with Crippen molar-refractivity contribution in [2.24, 2.45) is 0 Å². The van der Waals surface area contributed by atoms with Crippen molar-refractivity contribution in [3.8, 4) is 0 Å². The van der Waals surface area contributed by atoms with Crippen LogP contribution in [0.4, 0.5) is 0 Å². The van der Waals surface area contributed by atoms with Crippen LogP contribution in [-0.2, 0) is 4.79 Å². The van der Waals surface area contributed by atoms with E-state index in [1.807, 2.05) is 6.08 Å². The van der Waals surface area contributed by atoms with E-state index in [9.17, 15) is 0 Å². The van der Waals surface area contributed by atoms with Gasteiger partial charge in [-0.2, -0.15) is 0 Å². The Hall–Kier alpha value is -0.880. The largest absolute Gasteiger partial charge is 0.231 e. The van der Waals surface area contributed by atoms with Gasteiger partial charge < -0.3 is 0 Å². The third kappa shape index (κ3) is 22.9. The second-order valence-corrected chi connectivity index (χ2v) is 2.59. The summed E-state index contributed by atoms with van der Waals surface area (Å²) in [7, 11) is 0. The molecule has 1 N–H and O–H groups in total. The Morgan fingerprint density at radius 3 is 2.25 bits per heavy atom. The van der Waals surface area contributed by atoms with Crippen molar-refractivity contribution in [3.05, 3.63) is 12.7 Å². The zero-order valence-corrected chi connectivity index (χ0v) is 7.94. The molecule has 0 aromatic carbocycles. The zero-order valence-electron chi connectivity index (χ0n) is 7.94. The van der Waals surface area contributed by atoms with Crippen LogP contribution < -0.4 is 0 Å². The number of isocyanates is 1. The van der Waals surface area contributed by atoms with Crippen molar-refractivity contribution in [1.82, 2.24) is 0 Å². The Kier molecular flexibility index (Phi) is 18.9. The Balaban J connectivity index is 0. The molecule has 0 rings (SSSR count). The summed E-state index contributed by atoms with van der Waals surface area (Å²) in [6, 6.07) is 0. The minimum Gasteiger partial charge on any atom is -0.222 e. The van der Waals surface area contributed by atoms with Gasteiger partial charge in [-0.1, -0.05) is 38.7 Å². The lowest BCUT2D eigenvalue weighted by Crippen LogP contribution is -1.74. The van der Waals surface area contributed by atoms with Crippen LogP contribution in [0.2, 0.25) is 0 Å². The van der Waals surface area contributed by atoms with Gasteiger partial charge in [0, 0.05) is 0 Å². The van der Waals surface area contributed by atoms with Gasteiger partial charge in [0.05, 0.1) is 0 Å². The predicted octanol–water partition coefficient (Wildman–Crippen LogP) is 3.43. The van der Waals surface area contributed by atoms with Crippen LogP contribution >= 0.6 is 0 Å². The molecule has 0 aliphatic rings. The molecular weight excluding hydrogens is 150 g/mol. The average molecular weight is 169 g/mol. The van der Waals surface area contributed by atoms with E-state index in [0.717, 1.165) is 6.08 Å². The van der Waals surface area contributed by atoms with E-state index >= 15 is 0 Å². The zero-order chi connectivity index (χ0) is 9.66. The van der Waals surface area contributed by atoms with Gasteiger partial charge in [-0.15, -0.1) is 6.58 Å². The number of unbranched alkanes of at least 4 members (excludes halogenated alkanes) is 5. The summed E-state index contributed by atoms with van der Waals surface area (Å²) in [4.78, 5) is 8.35. The second kappa shape index (κ2) is 16.6. The first kappa shape index (κ1) is 13.7. The lowest BCUT2D eigenvalue weighted by atomic mass is 10.1. The first-order chi connectivity index (χ1) is 5.83. The summed E-state index contributed by atoms with van der Waals surface area (Å²) in [6.07, 6.45) is 10.8. The maximum Gasteiger partial charge on any atom is 0.231 e. The van der Waals surface area contributed by atoms with Gasteiger partial charge in [-0.05, 0) is 12.8 Å². The van der Waals surface area contributed by atoms with Crippen LogP contribution in [0.1, 0.15) is 45.4 Å². The molecule has 2 nitrogen and oxygen atoms in total. The van der Waals surface area contributed by atoms with E-state index in [-0.39, 0.29) is 0 Å². The van der Waals surface area contributed by atoms with Crippen molar-refractivity contribution in [2.45, 2.75) is 45.4 Å². The number of rotatable bonds is 6. The van der Waals surface area contributed by atoms with E-state index in [2.05, 4.69) is 13.5 Å². The summed E-state index contributed by atoms with van der Waals surface area (Å²) >= 11 is 0. The van der Waals surface area contributed by atoms with Gasteiger partial charge >= 0.3 is 0 Å². The standard InChI is InChI=1S/C9H18.CHNO/c1-3-5-7-9-8-6-4-2;2-1-3/h3H,1,4-9H2,2H3;2H. The van der Waals surface area contributed by atoms with Gasteiger partial charge in [0.15, 0.2) is 0 Å². The van der Waals surface area contributed by atoms with Gasteiger partial charge in [0.25, 0.3) is 0 Å². The molecule has 0 fully saturated rings. The highest BCUT2D eigenvalue weighted by molar-refractivity contribution is 5.26. The maximum atomic E-state index is 8.35. The molecule has 0 atom stereocenters. The molecule has 0 aromatic heterocycles. The maximum absolute atomic E-state index is 8.35. The van der Waals surface area contributed by atoms with Crippen LogP contribution in [0, 0.1) is 5.41 Å². The minimum atomic E-state index is 0.750. The van der Waals surface area contributed by atoms with Crippen LogP contribution in [0.5, 0.6) is 0 Å². The normalized spacial score (nSPS) is 7.75.